The molecule has 3 heterocycles. The number of rotatable bonds is 2. The van der Waals surface area contributed by atoms with Crippen molar-refractivity contribution in [3.05, 3.63) is 0 Å². The lowest BCUT2D eigenvalue weighted by molar-refractivity contribution is 0.418. The molecule has 0 saturated carbocycles. The van der Waals surface area contributed by atoms with Crippen LogP contribution in [0.1, 0.15) is 44.5 Å². The summed E-state index contributed by atoms with van der Waals surface area (Å²) in [6.45, 7) is 7.78. The summed E-state index contributed by atoms with van der Waals surface area (Å²) >= 11 is 0. The van der Waals surface area contributed by atoms with Crippen LogP contribution >= 0.6 is 0 Å². The van der Waals surface area contributed by atoms with E-state index in [1.54, 1.807) is 9.44 Å². The second-order valence-corrected chi connectivity index (χ2v) is 8.11. The first-order valence-electron chi connectivity index (χ1n) is 12.8. The molecule has 184 valence electrons. The molecule has 0 spiro atoms. The summed E-state index contributed by atoms with van der Waals surface area (Å²) in [5, 5.41) is 3.22. The Hall–Kier alpha value is -0.340. The summed E-state index contributed by atoms with van der Waals surface area (Å²) < 4.78 is 73.8. The molecule has 10 nitrogen and oxygen atoms in total. The van der Waals surface area contributed by atoms with Crippen LogP contribution in [0.15, 0.2) is 0 Å². The molecule has 0 unspecified atom stereocenters. The average molecular weight is 479 g/mol. The number of thiol groups is 2. The monoisotopic (exact) mass is 478 g/mol. The summed E-state index contributed by atoms with van der Waals surface area (Å²) in [5.74, 6) is 0. The predicted molar refractivity (Wildman–Crippen MR) is 129 cm³/mol. The Kier molecular flexibility index (Phi) is 23.8. The molecule has 0 bridgehead atoms. The fourth-order valence-electron chi connectivity index (χ4n) is 2.38. The number of nitrogens with one attached hydrogen (secondary N) is 3. The van der Waals surface area contributed by atoms with E-state index in [0.717, 1.165) is 0 Å². The first kappa shape index (κ1) is 24.9. The number of likely N-dealkylation sites (tertiary alicyclic amines) is 2. The number of hydrogen-bond donors (Lipinski definition) is 6. The first-order chi connectivity index (χ1) is 16.4. The van der Waals surface area contributed by atoms with E-state index in [9.17, 15) is 16.8 Å². The molecule has 3 aliphatic heterocycles. The summed E-state index contributed by atoms with van der Waals surface area (Å²) in [7, 11) is 0.889. The van der Waals surface area contributed by atoms with Crippen molar-refractivity contribution in [1.29, 1.82) is 2.25 Å². The maximum Gasteiger partial charge on any atom is 0.201 e. The second kappa shape index (κ2) is 27.7. The lowest BCUT2D eigenvalue weighted by Crippen LogP contribution is -2.10. The Balaban J connectivity index is -0.000000102. The summed E-state index contributed by atoms with van der Waals surface area (Å²) in [6, 6.07) is 0. The Labute approximate surface area is 190 Å². The van der Waals surface area contributed by atoms with Gasteiger partial charge in [0.05, 0.1) is 0 Å². The third-order valence-corrected chi connectivity index (χ3v) is 4.62. The van der Waals surface area contributed by atoms with Gasteiger partial charge in [0.2, 0.25) is 21.6 Å². The van der Waals surface area contributed by atoms with Gasteiger partial charge in [-0.15, -0.1) is 0 Å². The van der Waals surface area contributed by atoms with Gasteiger partial charge in [0.25, 0.3) is 0 Å². The highest BCUT2D eigenvalue weighted by Gasteiger charge is 2.03. The van der Waals surface area contributed by atoms with Crippen molar-refractivity contribution in [3.63, 3.8) is 0 Å². The SMILES string of the molecule is C1CCNC1.CN.CN1CCCC1.CN1CCCC1.[3H]S(=O)(=O)NC.[3H]S(=O)(=O)NC.[3H][3H].[3H][3H]. The van der Waals surface area contributed by atoms with E-state index in [2.05, 4.69) is 34.9 Å². The highest BCUT2D eigenvalue weighted by atomic mass is 32.2. The van der Waals surface area contributed by atoms with Crippen LogP contribution in [0, 0.1) is 0 Å². The van der Waals surface area contributed by atoms with Crippen LogP contribution in [-0.4, -0.2) is 103 Å². The minimum Gasteiger partial charge on any atom is -0.333 e. The molecule has 0 atom stereocenters. The molecule has 0 radical (unpaired) electrons. The Morgan fingerprint density at radius 1 is 0.793 bits per heavy atom. The van der Waals surface area contributed by atoms with Crippen LogP contribution in [-0.2, 0) is 21.6 Å². The van der Waals surface area contributed by atoms with E-state index in [1.165, 1.54) is 98.9 Å². The van der Waals surface area contributed by atoms with Gasteiger partial charge in [0, 0.05) is 5.94 Å². The van der Waals surface area contributed by atoms with Crippen molar-refractivity contribution in [2.75, 3.05) is 74.5 Å². The van der Waals surface area contributed by atoms with Gasteiger partial charge < -0.3 is 20.9 Å². The molecule has 0 aromatic carbocycles. The van der Waals surface area contributed by atoms with E-state index in [0.29, 0.717) is 0 Å². The fraction of sp³-hybridized carbons (Fsp3) is 1.00. The van der Waals surface area contributed by atoms with Crippen molar-refractivity contribution >= 4 is 21.6 Å². The van der Waals surface area contributed by atoms with Crippen LogP contribution in [0.25, 0.3) is 0 Å². The molecule has 3 saturated heterocycles. The van der Waals surface area contributed by atoms with Crippen LogP contribution < -0.4 is 20.5 Å². The standard InChI is InChI=1S/2C5H11N.C4H9N.2CH5NO2S.CH5N.2H2/c2*1-6-4-2-3-5-6;1-2-4-5-3-1;2*1-2-5(3)4;1-2;;/h2*2-5H2,1H3;5H,1-4H2;2*5H,1H3,(H,2,3,4);2H2,1H3;2*1H/i;;;2*5T;;2*1+2T. The summed E-state index contributed by atoms with van der Waals surface area (Å²) in [6.07, 6.45) is 8.43. The zero-order chi connectivity index (χ0) is 28.8. The zero-order valence-electron chi connectivity index (χ0n) is 24.9. The Morgan fingerprint density at radius 3 is 1.10 bits per heavy atom. The molecule has 0 aromatic rings. The molecule has 0 amide bonds. The summed E-state index contributed by atoms with van der Waals surface area (Å²) in [4.78, 5) is 4.72. The van der Waals surface area contributed by atoms with E-state index < -0.39 is 21.6 Å². The number of hydrogen-bond acceptors (Lipinski definition) is 8. The van der Waals surface area contributed by atoms with Gasteiger partial charge in [-0.3, -0.25) is 0 Å². The van der Waals surface area contributed by atoms with Crippen molar-refractivity contribution in [1.82, 2.24) is 24.6 Å². The molecule has 3 aliphatic rings. The fourth-order valence-corrected chi connectivity index (χ4v) is 2.38. The lowest BCUT2D eigenvalue weighted by atomic mass is 10.4. The Morgan fingerprint density at radius 2 is 1.03 bits per heavy atom. The van der Waals surface area contributed by atoms with Gasteiger partial charge in [0.15, 0.2) is 2.25 Å². The molecule has 0 aromatic heterocycles. The third kappa shape index (κ3) is 35.5. The van der Waals surface area contributed by atoms with Gasteiger partial charge in [-0.05, 0) is 113 Å². The van der Waals surface area contributed by atoms with E-state index in [1.807, 2.05) is 0 Å². The van der Waals surface area contributed by atoms with Gasteiger partial charge in [-0.25, -0.2) is 26.3 Å². The molecule has 29 heavy (non-hydrogen) atoms. The Bertz CT molecular complexity index is 526. The number of nitrogens with zero attached hydrogens (tertiary/aromatic N) is 2. The van der Waals surface area contributed by atoms with Gasteiger partial charge >= 0.3 is 0 Å². The minimum atomic E-state index is -3.66. The van der Waals surface area contributed by atoms with Crippen LogP contribution in [0.2, 0.25) is 0 Å². The molecule has 5 N–H and O–H groups in total. The smallest absolute Gasteiger partial charge is 0.201 e. The largest absolute Gasteiger partial charge is 0.333 e. The summed E-state index contributed by atoms with van der Waals surface area (Å²) in [5.41, 5.74) is 4.50. The van der Waals surface area contributed by atoms with E-state index in [-0.39, 0.29) is 0 Å². The molecule has 0 aliphatic carbocycles. The van der Waals surface area contributed by atoms with Crippen LogP contribution in [0.5, 0.6) is 0 Å². The lowest BCUT2D eigenvalue weighted by Gasteiger charge is -2.01. The molecule has 12 heteroatoms. The maximum absolute atomic E-state index is 9.56. The predicted octanol–water partition coefficient (Wildman–Crippen LogP) is -0.675. The van der Waals surface area contributed by atoms with Crippen LogP contribution in [0.3, 0.4) is 0 Å². The van der Waals surface area contributed by atoms with Crippen molar-refractivity contribution in [2.45, 2.75) is 38.5 Å². The third-order valence-electron chi connectivity index (χ3n) is 3.95. The minimum absolute atomic E-state index is 1.18. The molecule has 3 rings (SSSR count). The van der Waals surface area contributed by atoms with Crippen molar-refractivity contribution in [3.8, 4) is 0 Å². The van der Waals surface area contributed by atoms with Crippen molar-refractivity contribution in [2.24, 2.45) is 5.73 Å². The van der Waals surface area contributed by atoms with E-state index >= 15 is 0 Å². The zero-order valence-corrected chi connectivity index (χ0v) is 20.5. The first-order valence-corrected chi connectivity index (χ1v) is 12.2. The maximum atomic E-state index is 9.56. The average Bonchev–Trinajstić information content (AvgIpc) is 3.64. The highest BCUT2D eigenvalue weighted by Crippen LogP contribution is 2.02. The second-order valence-electron chi connectivity index (χ2n) is 6.36. The van der Waals surface area contributed by atoms with Gasteiger partial charge in [0.1, 0.15) is 0 Å². The topological polar surface area (TPSA) is 137 Å². The van der Waals surface area contributed by atoms with Gasteiger partial charge in [-0.2, -0.15) is 0 Å². The normalized spacial score (nSPS) is 20.3. The van der Waals surface area contributed by atoms with Crippen molar-refractivity contribution < 1.29 is 22.8 Å². The molecular formula is C17H50N6O4S2. The van der Waals surface area contributed by atoms with Gasteiger partial charge in [-0.1, -0.05) is 0 Å². The number of nitrogens with two attached hydrogens (primary N) is 1. The van der Waals surface area contributed by atoms with Crippen LogP contribution in [0.4, 0.5) is 0 Å². The van der Waals surface area contributed by atoms with E-state index in [4.69, 9.17) is 8.19 Å². The quantitative estimate of drug-likeness (QED) is 0.287. The highest BCUT2D eigenvalue weighted by molar-refractivity contribution is 7.70. The molecule has 3 fully saturated rings. The molecular weight excluding hydrogens is 416 g/mol.